The van der Waals surface area contributed by atoms with Crippen LogP contribution in [-0.2, 0) is 4.74 Å². The number of thiophene rings is 1. The molecule has 5 nitrogen and oxygen atoms in total. The van der Waals surface area contributed by atoms with E-state index in [0.717, 1.165) is 50.6 Å². The normalized spacial score (nSPS) is 26.0. The number of morpholine rings is 1. The van der Waals surface area contributed by atoms with Gasteiger partial charge in [0.2, 0.25) is 0 Å². The number of nitrogens with zero attached hydrogens (tertiary/aromatic N) is 2. The van der Waals surface area contributed by atoms with Gasteiger partial charge in [-0.15, -0.1) is 11.3 Å². The Morgan fingerprint density at radius 2 is 2.27 bits per heavy atom. The van der Waals surface area contributed by atoms with E-state index in [-0.39, 0.29) is 0 Å². The van der Waals surface area contributed by atoms with E-state index in [9.17, 15) is 0 Å². The van der Waals surface area contributed by atoms with E-state index in [2.05, 4.69) is 46.2 Å². The predicted molar refractivity (Wildman–Crippen MR) is 114 cm³/mol. The maximum atomic E-state index is 5.54. The van der Waals surface area contributed by atoms with E-state index in [1.807, 2.05) is 23.1 Å². The third-order valence-corrected chi connectivity index (χ3v) is 7.25. The van der Waals surface area contributed by atoms with Crippen molar-refractivity contribution in [3.63, 3.8) is 0 Å². The molecule has 2 fully saturated rings. The van der Waals surface area contributed by atoms with Gasteiger partial charge in [0.1, 0.15) is 0 Å². The summed E-state index contributed by atoms with van der Waals surface area (Å²) in [7, 11) is 0. The fourth-order valence-electron chi connectivity index (χ4n) is 3.73. The van der Waals surface area contributed by atoms with Gasteiger partial charge in [-0.3, -0.25) is 9.89 Å². The van der Waals surface area contributed by atoms with E-state index in [1.165, 1.54) is 24.1 Å². The van der Waals surface area contributed by atoms with Gasteiger partial charge in [0.15, 0.2) is 5.96 Å². The highest BCUT2D eigenvalue weighted by Gasteiger charge is 2.26. The van der Waals surface area contributed by atoms with E-state index < -0.39 is 0 Å². The first kappa shape index (κ1) is 20.0. The molecule has 26 heavy (non-hydrogen) atoms. The summed E-state index contributed by atoms with van der Waals surface area (Å²) in [6.45, 7) is 7.43. The Labute approximate surface area is 166 Å². The first-order chi connectivity index (χ1) is 12.8. The van der Waals surface area contributed by atoms with E-state index in [0.29, 0.717) is 12.1 Å². The Morgan fingerprint density at radius 1 is 1.42 bits per heavy atom. The lowest BCUT2D eigenvalue weighted by Crippen LogP contribution is -2.44. The molecule has 7 heteroatoms. The Kier molecular flexibility index (Phi) is 8.10. The van der Waals surface area contributed by atoms with Crippen LogP contribution in [0.1, 0.15) is 37.1 Å². The molecule has 2 heterocycles. The average molecular weight is 397 g/mol. The highest BCUT2D eigenvalue weighted by molar-refractivity contribution is 7.99. The molecular weight excluding hydrogens is 364 g/mol. The van der Waals surface area contributed by atoms with Crippen LogP contribution in [0.5, 0.6) is 0 Å². The molecule has 1 aliphatic carbocycles. The molecular formula is C19H32N4OS2. The summed E-state index contributed by atoms with van der Waals surface area (Å²) in [5.41, 5.74) is 0. The molecule has 1 saturated heterocycles. The molecule has 1 aromatic rings. The SMILES string of the molecule is CCNC(=NCC(c1cccs1)N1CCOCC1)NC1CCC(SC)C1. The van der Waals surface area contributed by atoms with Crippen molar-refractivity contribution in [2.24, 2.45) is 4.99 Å². The molecule has 3 unspecified atom stereocenters. The maximum Gasteiger partial charge on any atom is 0.191 e. The van der Waals surface area contributed by atoms with E-state index in [1.54, 1.807) is 0 Å². The smallest absolute Gasteiger partial charge is 0.191 e. The zero-order valence-corrected chi connectivity index (χ0v) is 17.6. The van der Waals surface area contributed by atoms with Crippen molar-refractivity contribution in [3.8, 4) is 0 Å². The minimum absolute atomic E-state index is 0.344. The molecule has 0 aromatic carbocycles. The van der Waals surface area contributed by atoms with Crippen LogP contribution < -0.4 is 10.6 Å². The number of guanidine groups is 1. The summed E-state index contributed by atoms with van der Waals surface area (Å²) >= 11 is 3.83. The molecule has 146 valence electrons. The standard InChI is InChI=1S/C19H32N4OS2/c1-3-20-19(22-15-6-7-16(13-15)25-2)21-14-17(18-5-4-12-26-18)23-8-10-24-11-9-23/h4-5,12,15-17H,3,6-11,13-14H2,1-2H3,(H2,20,21,22). The second-order valence-corrected chi connectivity index (χ2v) is 9.03. The number of rotatable bonds is 7. The third kappa shape index (κ3) is 5.62. The van der Waals surface area contributed by atoms with Crippen molar-refractivity contribution in [2.45, 2.75) is 43.5 Å². The summed E-state index contributed by atoms with van der Waals surface area (Å²) in [6.07, 6.45) is 6.02. The van der Waals surface area contributed by atoms with Gasteiger partial charge in [0.05, 0.1) is 25.8 Å². The van der Waals surface area contributed by atoms with Gasteiger partial charge in [0.25, 0.3) is 0 Å². The number of ether oxygens (including phenoxy) is 1. The Morgan fingerprint density at radius 3 is 2.92 bits per heavy atom. The van der Waals surface area contributed by atoms with Crippen LogP contribution in [0.15, 0.2) is 22.5 Å². The van der Waals surface area contributed by atoms with Crippen LogP contribution in [0, 0.1) is 0 Å². The summed E-state index contributed by atoms with van der Waals surface area (Å²) in [5.74, 6) is 0.967. The van der Waals surface area contributed by atoms with Crippen molar-refractivity contribution in [2.75, 3.05) is 45.6 Å². The molecule has 1 aliphatic heterocycles. The first-order valence-corrected chi connectivity index (χ1v) is 11.9. The van der Waals surface area contributed by atoms with Gasteiger partial charge in [-0.2, -0.15) is 11.8 Å². The fourth-order valence-corrected chi connectivity index (χ4v) is 5.38. The predicted octanol–water partition coefficient (Wildman–Crippen LogP) is 2.96. The summed E-state index contributed by atoms with van der Waals surface area (Å²) in [5, 5.41) is 10.1. The molecule has 0 amide bonds. The van der Waals surface area contributed by atoms with Crippen LogP contribution in [0.25, 0.3) is 0 Å². The fraction of sp³-hybridized carbons (Fsp3) is 0.737. The second kappa shape index (κ2) is 10.5. The van der Waals surface area contributed by atoms with E-state index >= 15 is 0 Å². The number of hydrogen-bond donors (Lipinski definition) is 2. The Balaban J connectivity index is 1.64. The van der Waals surface area contributed by atoms with Gasteiger partial charge in [-0.1, -0.05) is 6.07 Å². The number of hydrogen-bond acceptors (Lipinski definition) is 5. The minimum atomic E-state index is 0.344. The quantitative estimate of drug-likeness (QED) is 0.548. The lowest BCUT2D eigenvalue weighted by atomic mass is 10.2. The highest BCUT2D eigenvalue weighted by atomic mass is 32.2. The molecule has 3 atom stereocenters. The van der Waals surface area contributed by atoms with Gasteiger partial charge < -0.3 is 15.4 Å². The van der Waals surface area contributed by atoms with Gasteiger partial charge in [-0.25, -0.2) is 0 Å². The lowest BCUT2D eigenvalue weighted by molar-refractivity contribution is 0.0186. The molecule has 1 aromatic heterocycles. The molecule has 0 spiro atoms. The molecule has 3 rings (SSSR count). The first-order valence-electron chi connectivity index (χ1n) is 9.73. The van der Waals surface area contributed by atoms with Crippen molar-refractivity contribution in [1.82, 2.24) is 15.5 Å². The van der Waals surface area contributed by atoms with Gasteiger partial charge >= 0.3 is 0 Å². The van der Waals surface area contributed by atoms with Crippen LogP contribution in [0.4, 0.5) is 0 Å². The molecule has 0 bridgehead atoms. The molecule has 2 N–H and O–H groups in total. The minimum Gasteiger partial charge on any atom is -0.379 e. The second-order valence-electron chi connectivity index (χ2n) is 6.91. The molecule has 0 radical (unpaired) electrons. The Hall–Kier alpha value is -0.760. The topological polar surface area (TPSA) is 48.9 Å². The van der Waals surface area contributed by atoms with E-state index in [4.69, 9.17) is 9.73 Å². The Bertz CT molecular complexity index is 546. The van der Waals surface area contributed by atoms with Crippen molar-refractivity contribution in [3.05, 3.63) is 22.4 Å². The lowest BCUT2D eigenvalue weighted by Gasteiger charge is -2.33. The summed E-state index contributed by atoms with van der Waals surface area (Å²) in [4.78, 5) is 8.88. The van der Waals surface area contributed by atoms with Crippen LogP contribution in [0.2, 0.25) is 0 Å². The van der Waals surface area contributed by atoms with Crippen LogP contribution in [0.3, 0.4) is 0 Å². The average Bonchev–Trinajstić information content (AvgIpc) is 3.35. The van der Waals surface area contributed by atoms with Crippen molar-refractivity contribution < 1.29 is 4.74 Å². The van der Waals surface area contributed by atoms with Crippen LogP contribution >= 0.6 is 23.1 Å². The van der Waals surface area contributed by atoms with Gasteiger partial charge in [-0.05, 0) is 43.9 Å². The number of nitrogens with one attached hydrogen (secondary N) is 2. The zero-order chi connectivity index (χ0) is 18.2. The van der Waals surface area contributed by atoms with Crippen LogP contribution in [-0.4, -0.2) is 67.8 Å². The third-order valence-electron chi connectivity index (χ3n) is 5.18. The molecule has 2 aliphatic rings. The largest absolute Gasteiger partial charge is 0.379 e. The van der Waals surface area contributed by atoms with Gasteiger partial charge in [0, 0.05) is 35.8 Å². The number of aliphatic imine (C=N–C) groups is 1. The summed E-state index contributed by atoms with van der Waals surface area (Å²) < 4.78 is 5.54. The summed E-state index contributed by atoms with van der Waals surface area (Å²) in [6, 6.07) is 5.27. The molecule has 1 saturated carbocycles. The monoisotopic (exact) mass is 396 g/mol. The number of thioether (sulfide) groups is 1. The van der Waals surface area contributed by atoms with Crippen molar-refractivity contribution >= 4 is 29.1 Å². The maximum absolute atomic E-state index is 5.54. The zero-order valence-electron chi connectivity index (χ0n) is 15.9. The van der Waals surface area contributed by atoms with Crippen molar-refractivity contribution in [1.29, 1.82) is 0 Å². The highest BCUT2D eigenvalue weighted by Crippen LogP contribution is 2.28.